The van der Waals surface area contributed by atoms with E-state index in [1.165, 1.54) is 4.90 Å². The number of ether oxygens (including phenoxy) is 1. The molecule has 5 nitrogen and oxygen atoms in total. The maximum absolute atomic E-state index is 13.0. The molecule has 0 unspecified atom stereocenters. The molecule has 0 aromatic heterocycles. The summed E-state index contributed by atoms with van der Waals surface area (Å²) in [6, 6.07) is 9.89. The SMILES string of the molecule is Cc1cc(OCC(=O)N(Cc2ccc(Cl)c(Cl)c2)[C@H](C)C(=O)NC(C)C)ccc1Br. The largest absolute Gasteiger partial charge is 0.484 e. The summed E-state index contributed by atoms with van der Waals surface area (Å²) in [5.74, 6) is 0.0313. The number of hydrogen-bond donors (Lipinski definition) is 1. The van der Waals surface area contributed by atoms with Gasteiger partial charge in [0.05, 0.1) is 10.0 Å². The molecule has 0 aliphatic carbocycles. The topological polar surface area (TPSA) is 58.6 Å². The molecule has 1 atom stereocenters. The average molecular weight is 516 g/mol. The molecule has 0 aliphatic rings. The second-order valence-corrected chi connectivity index (χ2v) is 8.98. The van der Waals surface area contributed by atoms with Crippen LogP contribution in [0.25, 0.3) is 0 Å². The average Bonchev–Trinajstić information content (AvgIpc) is 2.68. The Morgan fingerprint density at radius 3 is 2.40 bits per heavy atom. The quantitative estimate of drug-likeness (QED) is 0.513. The second-order valence-electron chi connectivity index (χ2n) is 7.31. The lowest BCUT2D eigenvalue weighted by Crippen LogP contribution is -2.50. The minimum absolute atomic E-state index is 0.0381. The van der Waals surface area contributed by atoms with E-state index in [0.717, 1.165) is 15.6 Å². The predicted octanol–water partition coefficient (Wildman–Crippen LogP) is 5.39. The number of aryl methyl sites for hydroxylation is 1. The second kappa shape index (κ2) is 11.0. The third-order valence-corrected chi connectivity index (χ3v) is 6.06. The van der Waals surface area contributed by atoms with E-state index in [2.05, 4.69) is 21.2 Å². The molecule has 0 radical (unpaired) electrons. The highest BCUT2D eigenvalue weighted by Crippen LogP contribution is 2.24. The predicted molar refractivity (Wildman–Crippen MR) is 124 cm³/mol. The molecule has 0 fully saturated rings. The van der Waals surface area contributed by atoms with Gasteiger partial charge in [-0.15, -0.1) is 0 Å². The zero-order valence-electron chi connectivity index (χ0n) is 17.3. The molecule has 30 heavy (non-hydrogen) atoms. The molecule has 2 rings (SSSR count). The smallest absolute Gasteiger partial charge is 0.261 e. The van der Waals surface area contributed by atoms with Gasteiger partial charge in [-0.3, -0.25) is 9.59 Å². The zero-order chi connectivity index (χ0) is 22.4. The molecule has 1 N–H and O–H groups in total. The molecule has 0 aliphatic heterocycles. The summed E-state index contributed by atoms with van der Waals surface area (Å²) < 4.78 is 6.64. The van der Waals surface area contributed by atoms with E-state index in [4.69, 9.17) is 27.9 Å². The molecule has 8 heteroatoms. The molecule has 0 saturated heterocycles. The first-order valence-electron chi connectivity index (χ1n) is 9.51. The number of amides is 2. The molecule has 0 heterocycles. The molecule has 2 amide bonds. The number of nitrogens with zero attached hydrogens (tertiary/aromatic N) is 1. The first-order valence-corrected chi connectivity index (χ1v) is 11.1. The number of nitrogens with one attached hydrogen (secondary N) is 1. The van der Waals surface area contributed by atoms with E-state index in [1.807, 2.05) is 32.9 Å². The summed E-state index contributed by atoms with van der Waals surface area (Å²) in [7, 11) is 0. The van der Waals surface area contributed by atoms with E-state index >= 15 is 0 Å². The highest BCUT2D eigenvalue weighted by molar-refractivity contribution is 9.10. The van der Waals surface area contributed by atoms with Gasteiger partial charge in [0.15, 0.2) is 6.61 Å². The lowest BCUT2D eigenvalue weighted by molar-refractivity contribution is -0.142. The molecular formula is C22H25BrCl2N2O3. The van der Waals surface area contributed by atoms with E-state index < -0.39 is 6.04 Å². The fourth-order valence-corrected chi connectivity index (χ4v) is 3.32. The first kappa shape index (κ1) is 24.5. The Balaban J connectivity index is 2.19. The van der Waals surface area contributed by atoms with Crippen LogP contribution in [0, 0.1) is 6.92 Å². The monoisotopic (exact) mass is 514 g/mol. The maximum atomic E-state index is 13.0. The van der Waals surface area contributed by atoms with Gasteiger partial charge in [-0.05, 0) is 69.2 Å². The van der Waals surface area contributed by atoms with Gasteiger partial charge < -0.3 is 15.0 Å². The van der Waals surface area contributed by atoms with Crippen LogP contribution in [-0.2, 0) is 16.1 Å². The number of benzene rings is 2. The summed E-state index contributed by atoms with van der Waals surface area (Å²) in [5.41, 5.74) is 1.76. The number of hydrogen-bond acceptors (Lipinski definition) is 3. The lowest BCUT2D eigenvalue weighted by Gasteiger charge is -2.29. The summed E-state index contributed by atoms with van der Waals surface area (Å²) in [6.07, 6.45) is 0. The van der Waals surface area contributed by atoms with Crippen molar-refractivity contribution >= 4 is 50.9 Å². The van der Waals surface area contributed by atoms with Gasteiger partial charge >= 0.3 is 0 Å². The fourth-order valence-electron chi connectivity index (χ4n) is 2.76. The normalized spacial score (nSPS) is 11.9. The molecule has 0 bridgehead atoms. The van der Waals surface area contributed by atoms with Crippen molar-refractivity contribution in [2.24, 2.45) is 0 Å². The highest BCUT2D eigenvalue weighted by atomic mass is 79.9. The third kappa shape index (κ3) is 6.89. The van der Waals surface area contributed by atoms with Crippen molar-refractivity contribution in [1.29, 1.82) is 0 Å². The molecule has 162 valence electrons. The Morgan fingerprint density at radius 1 is 1.10 bits per heavy atom. The van der Waals surface area contributed by atoms with Crippen LogP contribution in [0.15, 0.2) is 40.9 Å². The van der Waals surface area contributed by atoms with Gasteiger partial charge in [-0.25, -0.2) is 0 Å². The standard InChI is InChI=1S/C22H25BrCl2N2O3/c1-13(2)26-22(29)15(4)27(11-16-5-8-19(24)20(25)10-16)21(28)12-30-17-6-7-18(23)14(3)9-17/h5-10,13,15H,11-12H2,1-4H3,(H,26,29)/t15-/m1/s1. The third-order valence-electron chi connectivity index (χ3n) is 4.43. The zero-order valence-corrected chi connectivity index (χ0v) is 20.4. The van der Waals surface area contributed by atoms with Crippen molar-refractivity contribution < 1.29 is 14.3 Å². The summed E-state index contributed by atoms with van der Waals surface area (Å²) in [6.45, 7) is 7.38. The van der Waals surface area contributed by atoms with Crippen molar-refractivity contribution in [3.63, 3.8) is 0 Å². The number of halogens is 3. The molecule has 0 saturated carbocycles. The van der Waals surface area contributed by atoms with Crippen molar-refractivity contribution in [1.82, 2.24) is 10.2 Å². The fraction of sp³-hybridized carbons (Fsp3) is 0.364. The van der Waals surface area contributed by atoms with Gasteiger partial charge in [0.1, 0.15) is 11.8 Å². The van der Waals surface area contributed by atoms with Crippen LogP contribution in [-0.4, -0.2) is 35.4 Å². The highest BCUT2D eigenvalue weighted by Gasteiger charge is 2.27. The van der Waals surface area contributed by atoms with E-state index in [9.17, 15) is 9.59 Å². The van der Waals surface area contributed by atoms with Crippen molar-refractivity contribution in [2.45, 2.75) is 46.3 Å². The van der Waals surface area contributed by atoms with Crippen LogP contribution in [0.5, 0.6) is 5.75 Å². The lowest BCUT2D eigenvalue weighted by atomic mass is 10.1. The van der Waals surface area contributed by atoms with Crippen LogP contribution >= 0.6 is 39.1 Å². The summed E-state index contributed by atoms with van der Waals surface area (Å²) in [5, 5.41) is 3.67. The summed E-state index contributed by atoms with van der Waals surface area (Å²) in [4.78, 5) is 27.1. The number of carbonyl (C=O) groups is 2. The Hall–Kier alpha value is -1.76. The molecule has 2 aromatic carbocycles. The Labute approximate surface area is 195 Å². The van der Waals surface area contributed by atoms with Crippen LogP contribution in [0.4, 0.5) is 0 Å². The summed E-state index contributed by atoms with van der Waals surface area (Å²) >= 11 is 15.5. The van der Waals surface area contributed by atoms with Crippen LogP contribution in [0.3, 0.4) is 0 Å². The van der Waals surface area contributed by atoms with Crippen molar-refractivity contribution in [3.05, 3.63) is 62.0 Å². The van der Waals surface area contributed by atoms with E-state index in [-0.39, 0.29) is 31.0 Å². The van der Waals surface area contributed by atoms with Crippen LogP contribution in [0.1, 0.15) is 31.9 Å². The van der Waals surface area contributed by atoms with Gasteiger partial charge in [-0.2, -0.15) is 0 Å². The van der Waals surface area contributed by atoms with Gasteiger partial charge in [0, 0.05) is 17.1 Å². The Morgan fingerprint density at radius 2 is 1.80 bits per heavy atom. The van der Waals surface area contributed by atoms with Gasteiger partial charge in [0.25, 0.3) is 5.91 Å². The first-order chi connectivity index (χ1) is 14.1. The Kier molecular flexibility index (Phi) is 9.01. The Bertz CT molecular complexity index is 921. The molecule has 0 spiro atoms. The van der Waals surface area contributed by atoms with Crippen LogP contribution < -0.4 is 10.1 Å². The number of rotatable bonds is 8. The minimum atomic E-state index is -0.690. The minimum Gasteiger partial charge on any atom is -0.484 e. The van der Waals surface area contributed by atoms with E-state index in [0.29, 0.717) is 15.8 Å². The number of carbonyl (C=O) groups excluding carboxylic acids is 2. The molecule has 2 aromatic rings. The van der Waals surface area contributed by atoms with Crippen molar-refractivity contribution in [3.8, 4) is 5.75 Å². The van der Waals surface area contributed by atoms with Crippen molar-refractivity contribution in [2.75, 3.05) is 6.61 Å². The van der Waals surface area contributed by atoms with Gasteiger partial charge in [-0.1, -0.05) is 45.2 Å². The van der Waals surface area contributed by atoms with E-state index in [1.54, 1.807) is 31.2 Å². The van der Waals surface area contributed by atoms with Crippen LogP contribution in [0.2, 0.25) is 10.0 Å². The van der Waals surface area contributed by atoms with Gasteiger partial charge in [0.2, 0.25) is 5.91 Å². The maximum Gasteiger partial charge on any atom is 0.261 e. The molecular weight excluding hydrogens is 491 g/mol.